The van der Waals surface area contributed by atoms with Gasteiger partial charge in [-0.3, -0.25) is 0 Å². The summed E-state index contributed by atoms with van der Waals surface area (Å²) < 4.78 is 5.54. The van der Waals surface area contributed by atoms with E-state index in [4.69, 9.17) is 4.74 Å². The highest BCUT2D eigenvalue weighted by Gasteiger charge is 2.42. The Balaban J connectivity index is 2.14. The van der Waals surface area contributed by atoms with Crippen LogP contribution in [0, 0.1) is 0 Å². The fourth-order valence-electron chi connectivity index (χ4n) is 3.61. The van der Waals surface area contributed by atoms with Gasteiger partial charge in [0, 0.05) is 5.56 Å². The lowest BCUT2D eigenvalue weighted by molar-refractivity contribution is 0.377. The van der Waals surface area contributed by atoms with E-state index in [9.17, 15) is 0 Å². The van der Waals surface area contributed by atoms with E-state index in [1.54, 1.807) is 12.7 Å². The van der Waals surface area contributed by atoms with Crippen LogP contribution < -0.4 is 4.74 Å². The van der Waals surface area contributed by atoms with E-state index in [-0.39, 0.29) is 0 Å². The Kier molecular flexibility index (Phi) is 2.01. The quantitative estimate of drug-likeness (QED) is 0.677. The van der Waals surface area contributed by atoms with Gasteiger partial charge < -0.3 is 4.74 Å². The highest BCUT2D eigenvalue weighted by molar-refractivity contribution is 5.49. The summed E-state index contributed by atoms with van der Waals surface area (Å²) in [6.07, 6.45) is 8.16. The van der Waals surface area contributed by atoms with E-state index in [0.29, 0.717) is 5.41 Å². The first kappa shape index (κ1) is 9.26. The van der Waals surface area contributed by atoms with Gasteiger partial charge in [0.2, 0.25) is 0 Å². The molecule has 80 valence electrons. The Morgan fingerprint density at radius 2 is 1.93 bits per heavy atom. The van der Waals surface area contributed by atoms with Crippen molar-refractivity contribution in [2.24, 2.45) is 0 Å². The van der Waals surface area contributed by atoms with Gasteiger partial charge in [0.25, 0.3) is 0 Å². The molecule has 0 N–H and O–H groups in total. The molecule has 1 spiro atoms. The van der Waals surface area contributed by atoms with Crippen LogP contribution in [0.1, 0.15) is 43.2 Å². The Morgan fingerprint density at radius 3 is 2.67 bits per heavy atom. The van der Waals surface area contributed by atoms with Crippen LogP contribution in [-0.4, -0.2) is 7.11 Å². The third-order valence-electron chi connectivity index (χ3n) is 4.30. The first-order chi connectivity index (χ1) is 7.36. The maximum Gasteiger partial charge on any atom is 0.122 e. The molecule has 15 heavy (non-hydrogen) atoms. The molecule has 2 aliphatic carbocycles. The van der Waals surface area contributed by atoms with Crippen molar-refractivity contribution in [3.63, 3.8) is 0 Å². The molecule has 2 aliphatic rings. The highest BCUT2D eigenvalue weighted by Crippen LogP contribution is 2.53. The normalized spacial score (nSPS) is 21.9. The lowest BCUT2D eigenvalue weighted by Crippen LogP contribution is -2.18. The van der Waals surface area contributed by atoms with Crippen molar-refractivity contribution >= 4 is 0 Å². The predicted octanol–water partition coefficient (Wildman–Crippen LogP) is 3.45. The molecule has 0 bridgehead atoms. The van der Waals surface area contributed by atoms with Gasteiger partial charge in [-0.2, -0.15) is 0 Å². The van der Waals surface area contributed by atoms with E-state index in [1.807, 2.05) is 0 Å². The van der Waals surface area contributed by atoms with Crippen molar-refractivity contribution in [1.29, 1.82) is 0 Å². The Bertz CT molecular complexity index is 375. The lowest BCUT2D eigenvalue weighted by atomic mass is 9.80. The van der Waals surface area contributed by atoms with Gasteiger partial charge in [-0.1, -0.05) is 25.0 Å². The largest absolute Gasteiger partial charge is 0.496 e. The van der Waals surface area contributed by atoms with E-state index in [2.05, 4.69) is 18.2 Å². The minimum Gasteiger partial charge on any atom is -0.496 e. The zero-order valence-corrected chi connectivity index (χ0v) is 9.38. The van der Waals surface area contributed by atoms with E-state index < -0.39 is 0 Å². The number of hydrogen-bond acceptors (Lipinski definition) is 1. The first-order valence-corrected chi connectivity index (χ1v) is 6.02. The second kappa shape index (κ2) is 3.26. The minimum atomic E-state index is 0.488. The van der Waals surface area contributed by atoms with Crippen molar-refractivity contribution < 1.29 is 4.74 Å². The fraction of sp³-hybridized carbons (Fsp3) is 0.571. The van der Waals surface area contributed by atoms with Gasteiger partial charge in [0.15, 0.2) is 0 Å². The molecule has 1 fully saturated rings. The second-order valence-corrected chi connectivity index (χ2v) is 4.98. The van der Waals surface area contributed by atoms with Crippen LogP contribution in [0.2, 0.25) is 0 Å². The molecule has 3 rings (SSSR count). The van der Waals surface area contributed by atoms with Gasteiger partial charge in [0.1, 0.15) is 5.75 Å². The predicted molar refractivity (Wildman–Crippen MR) is 61.5 cm³/mol. The lowest BCUT2D eigenvalue weighted by Gasteiger charge is -2.26. The summed E-state index contributed by atoms with van der Waals surface area (Å²) in [4.78, 5) is 0. The topological polar surface area (TPSA) is 9.23 Å². The van der Waals surface area contributed by atoms with Crippen molar-refractivity contribution in [2.75, 3.05) is 7.11 Å². The molecular weight excluding hydrogens is 184 g/mol. The maximum atomic E-state index is 5.54. The summed E-state index contributed by atoms with van der Waals surface area (Å²) in [7, 11) is 1.80. The second-order valence-electron chi connectivity index (χ2n) is 4.98. The van der Waals surface area contributed by atoms with E-state index in [1.165, 1.54) is 44.1 Å². The molecule has 1 heteroatoms. The summed E-state index contributed by atoms with van der Waals surface area (Å²) in [5.74, 6) is 1.13. The smallest absolute Gasteiger partial charge is 0.122 e. The molecule has 1 aromatic rings. The third kappa shape index (κ3) is 1.22. The van der Waals surface area contributed by atoms with Crippen LogP contribution >= 0.6 is 0 Å². The molecule has 0 amide bonds. The van der Waals surface area contributed by atoms with E-state index in [0.717, 1.165) is 5.75 Å². The number of rotatable bonds is 1. The molecule has 0 aromatic heterocycles. The van der Waals surface area contributed by atoms with Gasteiger partial charge in [-0.05, 0) is 42.7 Å². The molecule has 0 unspecified atom stereocenters. The van der Waals surface area contributed by atoms with Gasteiger partial charge in [-0.25, -0.2) is 0 Å². The molecule has 0 aliphatic heterocycles. The fourth-order valence-corrected chi connectivity index (χ4v) is 3.61. The van der Waals surface area contributed by atoms with Gasteiger partial charge >= 0.3 is 0 Å². The molecule has 0 saturated heterocycles. The Hall–Kier alpha value is -0.980. The van der Waals surface area contributed by atoms with Crippen molar-refractivity contribution in [3.05, 3.63) is 29.3 Å². The monoisotopic (exact) mass is 202 g/mol. The molecule has 1 aromatic carbocycles. The number of hydrogen-bond donors (Lipinski definition) is 0. The first-order valence-electron chi connectivity index (χ1n) is 6.02. The standard InChI is InChI=1S/C14H18O/c1-15-12-6-4-5-11-7-10-14(13(11)12)8-2-3-9-14/h4-6H,2-3,7-10H2,1H3. The summed E-state index contributed by atoms with van der Waals surface area (Å²) >= 11 is 0. The summed E-state index contributed by atoms with van der Waals surface area (Å²) in [6.45, 7) is 0. The van der Waals surface area contributed by atoms with Crippen LogP contribution in [0.15, 0.2) is 18.2 Å². The maximum absolute atomic E-state index is 5.54. The van der Waals surface area contributed by atoms with Crippen LogP contribution in [-0.2, 0) is 11.8 Å². The number of benzene rings is 1. The zero-order chi connectivity index (χ0) is 10.3. The summed E-state index contributed by atoms with van der Waals surface area (Å²) in [6, 6.07) is 6.54. The molecule has 0 atom stereocenters. The van der Waals surface area contributed by atoms with Crippen molar-refractivity contribution in [3.8, 4) is 5.75 Å². The third-order valence-corrected chi connectivity index (χ3v) is 4.30. The van der Waals surface area contributed by atoms with Crippen molar-refractivity contribution in [1.82, 2.24) is 0 Å². The highest BCUT2D eigenvalue weighted by atomic mass is 16.5. The molecule has 0 heterocycles. The zero-order valence-electron chi connectivity index (χ0n) is 9.38. The van der Waals surface area contributed by atoms with E-state index >= 15 is 0 Å². The summed E-state index contributed by atoms with van der Waals surface area (Å²) in [5.41, 5.74) is 3.57. The number of methoxy groups -OCH3 is 1. The van der Waals surface area contributed by atoms with Crippen LogP contribution in [0.4, 0.5) is 0 Å². The van der Waals surface area contributed by atoms with Gasteiger partial charge in [0.05, 0.1) is 7.11 Å². The molecule has 1 saturated carbocycles. The Labute approximate surface area is 91.5 Å². The number of aryl methyl sites for hydroxylation is 1. The van der Waals surface area contributed by atoms with Crippen LogP contribution in [0.5, 0.6) is 5.75 Å². The summed E-state index contributed by atoms with van der Waals surface area (Å²) in [5, 5.41) is 0. The minimum absolute atomic E-state index is 0.488. The average Bonchev–Trinajstić information content (AvgIpc) is 2.89. The van der Waals surface area contributed by atoms with Crippen LogP contribution in [0.3, 0.4) is 0 Å². The molecule has 1 nitrogen and oxygen atoms in total. The SMILES string of the molecule is COc1cccc2c1C1(CCCC1)CC2. The molecular formula is C14H18O. The number of fused-ring (bicyclic) bond motifs is 2. The average molecular weight is 202 g/mol. The molecule has 0 radical (unpaired) electrons. The van der Waals surface area contributed by atoms with Gasteiger partial charge in [-0.15, -0.1) is 0 Å². The Morgan fingerprint density at radius 1 is 1.13 bits per heavy atom. The van der Waals surface area contributed by atoms with Crippen molar-refractivity contribution in [2.45, 2.75) is 43.9 Å². The van der Waals surface area contributed by atoms with Crippen LogP contribution in [0.25, 0.3) is 0 Å². The number of ether oxygens (including phenoxy) is 1.